The highest BCUT2D eigenvalue weighted by Crippen LogP contribution is 2.23. The maximum Gasteiger partial charge on any atom is 0.169 e. The third-order valence-electron chi connectivity index (χ3n) is 2.76. The van der Waals surface area contributed by atoms with Gasteiger partial charge in [-0.3, -0.25) is 0 Å². The lowest BCUT2D eigenvalue weighted by Gasteiger charge is -2.11. The Kier molecular flexibility index (Phi) is 4.17. The van der Waals surface area contributed by atoms with Crippen LogP contribution in [-0.2, 0) is 0 Å². The van der Waals surface area contributed by atoms with Crippen molar-refractivity contribution in [2.75, 3.05) is 17.2 Å². The number of nitrogens with one attached hydrogen (secondary N) is 2. The summed E-state index contributed by atoms with van der Waals surface area (Å²) in [6, 6.07) is 6.61. The fourth-order valence-electron chi connectivity index (χ4n) is 2.03. The summed E-state index contributed by atoms with van der Waals surface area (Å²) >= 11 is 0. The first-order chi connectivity index (χ1) is 9.49. The van der Waals surface area contributed by atoms with Crippen LogP contribution < -0.4 is 10.6 Å². The van der Waals surface area contributed by atoms with Gasteiger partial charge in [0.25, 0.3) is 0 Å². The summed E-state index contributed by atoms with van der Waals surface area (Å²) in [6.45, 7) is 6.24. The molecule has 1 heterocycles. The van der Waals surface area contributed by atoms with E-state index in [1.807, 2.05) is 39.0 Å². The Balaban J connectivity index is 2.34. The maximum absolute atomic E-state index is 13.8. The molecular weight excluding hydrogens is 260 g/mol. The molecule has 0 unspecified atom stereocenters. The van der Waals surface area contributed by atoms with Crippen LogP contribution in [0.2, 0.25) is 0 Å². The van der Waals surface area contributed by atoms with Gasteiger partial charge in [0.2, 0.25) is 0 Å². The van der Waals surface area contributed by atoms with Crippen LogP contribution in [0.1, 0.15) is 18.1 Å². The number of aryl methyl sites for hydroxylation is 2. The van der Waals surface area contributed by atoms with E-state index < -0.39 is 11.6 Å². The first-order valence-corrected chi connectivity index (χ1v) is 6.45. The summed E-state index contributed by atoms with van der Waals surface area (Å²) in [4.78, 5) is 3.94. The van der Waals surface area contributed by atoms with Gasteiger partial charge < -0.3 is 10.6 Å². The van der Waals surface area contributed by atoms with Gasteiger partial charge in [-0.1, -0.05) is 6.07 Å². The third kappa shape index (κ3) is 3.23. The molecule has 20 heavy (non-hydrogen) atoms. The van der Waals surface area contributed by atoms with E-state index in [4.69, 9.17) is 0 Å². The zero-order chi connectivity index (χ0) is 14.7. The standard InChI is InChI=1S/C15H17F2N3/c1-4-18-14-12(16)8-13(17)15(20-14)19-11-6-9(2)5-10(3)7-11/h5-8H,4H2,1-3H3,(H2,18,19,20). The molecule has 0 spiro atoms. The molecule has 2 N–H and O–H groups in total. The zero-order valence-corrected chi connectivity index (χ0v) is 11.7. The molecule has 0 radical (unpaired) electrons. The molecule has 106 valence electrons. The van der Waals surface area contributed by atoms with Crippen LogP contribution in [0.4, 0.5) is 26.1 Å². The predicted molar refractivity (Wildman–Crippen MR) is 77.5 cm³/mol. The number of hydrogen-bond donors (Lipinski definition) is 2. The van der Waals surface area contributed by atoms with Crippen molar-refractivity contribution in [3.05, 3.63) is 47.0 Å². The molecule has 2 aromatic rings. The van der Waals surface area contributed by atoms with Crippen molar-refractivity contribution < 1.29 is 8.78 Å². The van der Waals surface area contributed by atoms with Crippen molar-refractivity contribution >= 4 is 17.3 Å². The van der Waals surface area contributed by atoms with E-state index in [0.717, 1.165) is 22.9 Å². The Morgan fingerprint density at radius 3 is 2.15 bits per heavy atom. The lowest BCUT2D eigenvalue weighted by Crippen LogP contribution is -2.06. The molecule has 0 bridgehead atoms. The largest absolute Gasteiger partial charge is 0.368 e. The Bertz CT molecular complexity index is 607. The second-order valence-corrected chi connectivity index (χ2v) is 4.68. The van der Waals surface area contributed by atoms with Crippen LogP contribution in [-0.4, -0.2) is 11.5 Å². The number of benzene rings is 1. The number of rotatable bonds is 4. The van der Waals surface area contributed by atoms with E-state index in [2.05, 4.69) is 15.6 Å². The van der Waals surface area contributed by atoms with E-state index in [9.17, 15) is 8.78 Å². The van der Waals surface area contributed by atoms with Gasteiger partial charge in [-0.05, 0) is 44.0 Å². The number of aromatic nitrogens is 1. The van der Waals surface area contributed by atoms with Crippen molar-refractivity contribution in [2.24, 2.45) is 0 Å². The monoisotopic (exact) mass is 277 g/mol. The minimum atomic E-state index is -0.719. The second-order valence-electron chi connectivity index (χ2n) is 4.68. The molecule has 5 heteroatoms. The average molecular weight is 277 g/mol. The van der Waals surface area contributed by atoms with Crippen molar-refractivity contribution in [1.82, 2.24) is 4.98 Å². The maximum atomic E-state index is 13.8. The molecule has 0 aliphatic carbocycles. The molecule has 3 nitrogen and oxygen atoms in total. The van der Waals surface area contributed by atoms with E-state index in [1.165, 1.54) is 0 Å². The van der Waals surface area contributed by atoms with Gasteiger partial charge in [0.1, 0.15) is 0 Å². The van der Waals surface area contributed by atoms with Crippen LogP contribution in [0.15, 0.2) is 24.3 Å². The first kappa shape index (κ1) is 14.2. The van der Waals surface area contributed by atoms with Gasteiger partial charge in [0.05, 0.1) is 0 Å². The van der Waals surface area contributed by atoms with Crippen LogP contribution in [0.25, 0.3) is 0 Å². The van der Waals surface area contributed by atoms with Gasteiger partial charge in [-0.2, -0.15) is 0 Å². The van der Waals surface area contributed by atoms with E-state index >= 15 is 0 Å². The Morgan fingerprint density at radius 1 is 0.950 bits per heavy atom. The zero-order valence-electron chi connectivity index (χ0n) is 11.7. The fourth-order valence-corrected chi connectivity index (χ4v) is 2.03. The van der Waals surface area contributed by atoms with E-state index in [-0.39, 0.29) is 11.6 Å². The lowest BCUT2D eigenvalue weighted by molar-refractivity contribution is 0.579. The lowest BCUT2D eigenvalue weighted by atomic mass is 10.1. The molecule has 1 aromatic heterocycles. The number of anilines is 3. The van der Waals surface area contributed by atoms with E-state index in [1.54, 1.807) is 0 Å². The average Bonchev–Trinajstić information content (AvgIpc) is 2.34. The van der Waals surface area contributed by atoms with Crippen molar-refractivity contribution in [2.45, 2.75) is 20.8 Å². The van der Waals surface area contributed by atoms with Gasteiger partial charge in [-0.25, -0.2) is 13.8 Å². The van der Waals surface area contributed by atoms with Gasteiger partial charge in [0, 0.05) is 18.3 Å². The quantitative estimate of drug-likeness (QED) is 0.881. The van der Waals surface area contributed by atoms with Crippen LogP contribution in [0.5, 0.6) is 0 Å². The molecule has 0 atom stereocenters. The summed E-state index contributed by atoms with van der Waals surface area (Å²) in [5.41, 5.74) is 2.84. The molecule has 0 aliphatic heterocycles. The van der Waals surface area contributed by atoms with Crippen LogP contribution in [0.3, 0.4) is 0 Å². The molecule has 0 saturated carbocycles. The summed E-state index contributed by atoms with van der Waals surface area (Å²) < 4.78 is 27.3. The van der Waals surface area contributed by atoms with Crippen molar-refractivity contribution in [1.29, 1.82) is 0 Å². The Morgan fingerprint density at radius 2 is 1.55 bits per heavy atom. The molecule has 0 fully saturated rings. The molecule has 0 aliphatic rings. The van der Waals surface area contributed by atoms with Crippen molar-refractivity contribution in [3.8, 4) is 0 Å². The Hall–Kier alpha value is -2.17. The smallest absolute Gasteiger partial charge is 0.169 e. The van der Waals surface area contributed by atoms with Gasteiger partial charge in [-0.15, -0.1) is 0 Å². The normalized spacial score (nSPS) is 10.4. The van der Waals surface area contributed by atoms with Crippen molar-refractivity contribution in [3.63, 3.8) is 0 Å². The molecule has 0 amide bonds. The van der Waals surface area contributed by atoms with Crippen LogP contribution in [0, 0.1) is 25.5 Å². The highest BCUT2D eigenvalue weighted by atomic mass is 19.1. The van der Waals surface area contributed by atoms with Gasteiger partial charge >= 0.3 is 0 Å². The van der Waals surface area contributed by atoms with Gasteiger partial charge in [0.15, 0.2) is 23.3 Å². The minimum absolute atomic E-state index is 0.00681. The van der Waals surface area contributed by atoms with Crippen LogP contribution >= 0.6 is 0 Å². The molecule has 0 saturated heterocycles. The SMILES string of the molecule is CCNc1nc(Nc2cc(C)cc(C)c2)c(F)cc1F. The summed E-state index contributed by atoms with van der Waals surface area (Å²) in [7, 11) is 0. The topological polar surface area (TPSA) is 37.0 Å². The third-order valence-corrected chi connectivity index (χ3v) is 2.76. The van der Waals surface area contributed by atoms with E-state index in [0.29, 0.717) is 6.54 Å². The second kappa shape index (κ2) is 5.86. The number of halogens is 2. The summed E-state index contributed by atoms with van der Waals surface area (Å²) in [6.07, 6.45) is 0. The number of pyridine rings is 1. The Labute approximate surface area is 117 Å². The molecule has 2 rings (SSSR count). The molecular formula is C15H17F2N3. The fraction of sp³-hybridized carbons (Fsp3) is 0.267. The number of hydrogen-bond acceptors (Lipinski definition) is 3. The highest BCUT2D eigenvalue weighted by Gasteiger charge is 2.11. The summed E-state index contributed by atoms with van der Waals surface area (Å²) in [5.74, 6) is -1.37. The minimum Gasteiger partial charge on any atom is -0.368 e. The predicted octanol–water partition coefficient (Wildman–Crippen LogP) is 4.15. The first-order valence-electron chi connectivity index (χ1n) is 6.45. The highest BCUT2D eigenvalue weighted by molar-refractivity contribution is 5.60. The summed E-state index contributed by atoms with van der Waals surface area (Å²) in [5, 5.41) is 5.65. The number of nitrogens with zero attached hydrogens (tertiary/aromatic N) is 1. The molecule has 1 aromatic carbocycles.